The highest BCUT2D eigenvalue weighted by molar-refractivity contribution is 5.92. The van der Waals surface area contributed by atoms with Gasteiger partial charge in [-0.25, -0.2) is 4.68 Å². The van der Waals surface area contributed by atoms with Crippen molar-refractivity contribution < 1.29 is 9.72 Å². The van der Waals surface area contributed by atoms with E-state index < -0.39 is 16.3 Å². The number of aromatic nitrogens is 2. The van der Waals surface area contributed by atoms with Gasteiger partial charge in [-0.2, -0.15) is 5.10 Å². The first-order valence-corrected chi connectivity index (χ1v) is 9.65. The number of carbonyl (C=O) groups excluding carboxylic acids is 1. The maximum absolute atomic E-state index is 13.3. The Morgan fingerprint density at radius 3 is 2.50 bits per heavy atom. The molecule has 0 unspecified atom stereocenters. The van der Waals surface area contributed by atoms with Gasteiger partial charge in [-0.1, -0.05) is 42.5 Å². The van der Waals surface area contributed by atoms with Crippen LogP contribution in [0, 0.1) is 17.0 Å². The van der Waals surface area contributed by atoms with Crippen molar-refractivity contribution >= 4 is 11.6 Å². The van der Waals surface area contributed by atoms with Crippen LogP contribution in [0.25, 0.3) is 5.69 Å². The number of aryl methyl sites for hydroxylation is 1. The molecule has 1 heterocycles. The molecule has 30 heavy (non-hydrogen) atoms. The van der Waals surface area contributed by atoms with Crippen LogP contribution in [0.4, 0.5) is 5.69 Å². The summed E-state index contributed by atoms with van der Waals surface area (Å²) in [4.78, 5) is 38.5. The van der Waals surface area contributed by atoms with Crippen LogP contribution < -0.4 is 5.43 Å². The van der Waals surface area contributed by atoms with E-state index in [4.69, 9.17) is 0 Å². The Morgan fingerprint density at radius 1 is 1.17 bits per heavy atom. The van der Waals surface area contributed by atoms with Gasteiger partial charge in [-0.05, 0) is 31.4 Å². The van der Waals surface area contributed by atoms with Gasteiger partial charge < -0.3 is 4.90 Å². The van der Waals surface area contributed by atoms with E-state index in [-0.39, 0.29) is 23.1 Å². The summed E-state index contributed by atoms with van der Waals surface area (Å²) >= 11 is 0. The lowest BCUT2D eigenvalue weighted by atomic mass is 10.2. The van der Waals surface area contributed by atoms with Crippen molar-refractivity contribution in [3.8, 4) is 5.69 Å². The van der Waals surface area contributed by atoms with Crippen molar-refractivity contribution in [1.29, 1.82) is 0 Å². The highest BCUT2D eigenvalue weighted by Gasteiger charge is 2.35. The maximum Gasteiger partial charge on any atom is 0.294 e. The van der Waals surface area contributed by atoms with Gasteiger partial charge in [0.25, 0.3) is 11.6 Å². The molecule has 152 valence electrons. The standard InChI is InChI=1S/C22H20N4O4/c1-15-13-20(27)21(23-25(15)18-9-5-6-10-19(18)26(29)30)22(28)24(17-11-12-17)14-16-7-3-2-4-8-16/h2-10,13,17H,11-12,14H2,1H3. The summed E-state index contributed by atoms with van der Waals surface area (Å²) < 4.78 is 1.29. The van der Waals surface area contributed by atoms with E-state index >= 15 is 0 Å². The molecule has 1 amide bonds. The lowest BCUT2D eigenvalue weighted by molar-refractivity contribution is -0.384. The molecule has 0 saturated heterocycles. The fourth-order valence-electron chi connectivity index (χ4n) is 3.41. The second-order valence-electron chi connectivity index (χ2n) is 7.31. The number of hydrogen-bond acceptors (Lipinski definition) is 5. The molecule has 0 bridgehead atoms. The molecule has 0 atom stereocenters. The number of rotatable bonds is 6. The third-order valence-electron chi connectivity index (χ3n) is 5.06. The molecule has 1 aliphatic rings. The third-order valence-corrected chi connectivity index (χ3v) is 5.06. The first kappa shape index (κ1) is 19.5. The second kappa shape index (κ2) is 7.90. The Bertz CT molecular complexity index is 1170. The van der Waals surface area contributed by atoms with E-state index in [1.165, 1.54) is 16.8 Å². The molecule has 1 aliphatic carbocycles. The molecule has 1 saturated carbocycles. The predicted octanol–water partition coefficient (Wildman–Crippen LogP) is 3.25. The molecule has 2 aromatic carbocycles. The van der Waals surface area contributed by atoms with Gasteiger partial charge in [0, 0.05) is 30.4 Å². The van der Waals surface area contributed by atoms with E-state index in [0.717, 1.165) is 18.4 Å². The van der Waals surface area contributed by atoms with Gasteiger partial charge in [0.1, 0.15) is 5.69 Å². The van der Waals surface area contributed by atoms with Gasteiger partial charge in [-0.15, -0.1) is 0 Å². The molecule has 0 N–H and O–H groups in total. The smallest absolute Gasteiger partial charge is 0.294 e. The molecule has 1 aromatic heterocycles. The summed E-state index contributed by atoms with van der Waals surface area (Å²) in [6, 6.07) is 17.0. The number of nitro benzene ring substituents is 1. The average Bonchev–Trinajstić information content (AvgIpc) is 3.58. The van der Waals surface area contributed by atoms with Gasteiger partial charge in [-0.3, -0.25) is 19.7 Å². The number of carbonyl (C=O) groups is 1. The molecule has 1 fully saturated rings. The normalized spacial score (nSPS) is 13.1. The van der Waals surface area contributed by atoms with Gasteiger partial charge >= 0.3 is 0 Å². The average molecular weight is 404 g/mol. The zero-order chi connectivity index (χ0) is 21.3. The zero-order valence-corrected chi connectivity index (χ0v) is 16.4. The lowest BCUT2D eigenvalue weighted by Gasteiger charge is -2.22. The molecule has 8 nitrogen and oxygen atoms in total. The first-order valence-electron chi connectivity index (χ1n) is 9.65. The SMILES string of the molecule is Cc1cc(=O)c(C(=O)N(Cc2ccccc2)C2CC2)nn1-c1ccccc1[N+](=O)[O-]. The van der Waals surface area contributed by atoms with Gasteiger partial charge in [0.15, 0.2) is 5.69 Å². The van der Waals surface area contributed by atoms with Crippen LogP contribution in [0.5, 0.6) is 0 Å². The fourth-order valence-corrected chi connectivity index (χ4v) is 3.41. The number of amides is 1. The minimum Gasteiger partial charge on any atom is -0.330 e. The Kier molecular flexibility index (Phi) is 5.14. The van der Waals surface area contributed by atoms with Crippen LogP contribution in [0.3, 0.4) is 0 Å². The largest absolute Gasteiger partial charge is 0.330 e. The summed E-state index contributed by atoms with van der Waals surface area (Å²) in [5, 5.41) is 15.7. The van der Waals surface area contributed by atoms with Crippen molar-refractivity contribution in [2.24, 2.45) is 0 Å². The Hall–Kier alpha value is -3.81. The van der Waals surface area contributed by atoms with E-state index in [1.54, 1.807) is 30.0 Å². The van der Waals surface area contributed by atoms with Gasteiger partial charge in [0.2, 0.25) is 5.43 Å². The molecule has 4 rings (SSSR count). The molecule has 0 spiro atoms. The quantitative estimate of drug-likeness (QED) is 0.464. The molecular formula is C22H20N4O4. The molecule has 3 aromatic rings. The summed E-state index contributed by atoms with van der Waals surface area (Å²) in [5.41, 5.74) is 0.692. The van der Waals surface area contributed by atoms with E-state index in [0.29, 0.717) is 12.2 Å². The van der Waals surface area contributed by atoms with E-state index in [9.17, 15) is 19.7 Å². The van der Waals surface area contributed by atoms with Crippen LogP contribution in [-0.2, 0) is 6.54 Å². The number of nitrogens with zero attached hydrogens (tertiary/aromatic N) is 4. The minimum absolute atomic E-state index is 0.0692. The van der Waals surface area contributed by atoms with Crippen LogP contribution in [-0.4, -0.2) is 31.6 Å². The number of nitro groups is 1. The Labute approximate surface area is 172 Å². The fraction of sp³-hybridized carbons (Fsp3) is 0.227. The summed E-state index contributed by atoms with van der Waals surface area (Å²) in [6.45, 7) is 2.01. The zero-order valence-electron chi connectivity index (χ0n) is 16.4. The predicted molar refractivity (Wildman–Crippen MR) is 111 cm³/mol. The highest BCUT2D eigenvalue weighted by atomic mass is 16.6. The van der Waals surface area contributed by atoms with Crippen LogP contribution in [0.1, 0.15) is 34.6 Å². The van der Waals surface area contributed by atoms with Crippen molar-refractivity contribution in [2.75, 3.05) is 0 Å². The van der Waals surface area contributed by atoms with Crippen molar-refractivity contribution in [2.45, 2.75) is 32.4 Å². The van der Waals surface area contributed by atoms with E-state index in [1.807, 2.05) is 30.3 Å². The first-order chi connectivity index (χ1) is 14.5. The van der Waals surface area contributed by atoms with Crippen molar-refractivity contribution in [1.82, 2.24) is 14.7 Å². The lowest BCUT2D eigenvalue weighted by Crippen LogP contribution is -2.37. The topological polar surface area (TPSA) is 98.3 Å². The van der Waals surface area contributed by atoms with Crippen molar-refractivity contribution in [3.05, 3.63) is 98.0 Å². The molecule has 0 radical (unpaired) electrons. The third kappa shape index (κ3) is 3.84. The van der Waals surface area contributed by atoms with Crippen molar-refractivity contribution in [3.63, 3.8) is 0 Å². The number of para-hydroxylation sites is 2. The summed E-state index contributed by atoms with van der Waals surface area (Å²) in [7, 11) is 0. The summed E-state index contributed by atoms with van der Waals surface area (Å²) in [6.07, 6.45) is 1.76. The maximum atomic E-state index is 13.3. The monoisotopic (exact) mass is 404 g/mol. The second-order valence-corrected chi connectivity index (χ2v) is 7.31. The highest BCUT2D eigenvalue weighted by Crippen LogP contribution is 2.29. The summed E-state index contributed by atoms with van der Waals surface area (Å²) in [5.74, 6) is -0.460. The van der Waals surface area contributed by atoms with Crippen LogP contribution >= 0.6 is 0 Å². The van der Waals surface area contributed by atoms with Crippen LogP contribution in [0.2, 0.25) is 0 Å². The molecular weight excluding hydrogens is 384 g/mol. The van der Waals surface area contributed by atoms with E-state index in [2.05, 4.69) is 5.10 Å². The van der Waals surface area contributed by atoms with Gasteiger partial charge in [0.05, 0.1) is 4.92 Å². The molecule has 0 aliphatic heterocycles. The molecule has 8 heteroatoms. The number of benzene rings is 2. The Morgan fingerprint density at radius 2 is 1.83 bits per heavy atom. The van der Waals surface area contributed by atoms with Crippen LogP contribution in [0.15, 0.2) is 65.5 Å². The number of hydrogen-bond donors (Lipinski definition) is 0. The Balaban J connectivity index is 1.76. The minimum atomic E-state index is -0.512.